The number of hydrogen-bond acceptors (Lipinski definition) is 13. The van der Waals surface area contributed by atoms with Crippen molar-refractivity contribution in [3.63, 3.8) is 0 Å². The van der Waals surface area contributed by atoms with Crippen molar-refractivity contribution in [3.05, 3.63) is 23.9 Å². The second-order valence-corrected chi connectivity index (χ2v) is 17.8. The number of amides is 1. The molecule has 14 heteroatoms. The van der Waals surface area contributed by atoms with E-state index in [1.807, 2.05) is 19.9 Å². The molecule has 3 heterocycles. The van der Waals surface area contributed by atoms with Gasteiger partial charge < -0.3 is 43.8 Å². The van der Waals surface area contributed by atoms with Gasteiger partial charge in [-0.2, -0.15) is 0 Å². The van der Waals surface area contributed by atoms with Gasteiger partial charge in [-0.25, -0.2) is 4.79 Å². The fourth-order valence-electron chi connectivity index (χ4n) is 9.66. The van der Waals surface area contributed by atoms with Gasteiger partial charge in [-0.3, -0.25) is 19.3 Å². The van der Waals surface area contributed by atoms with Crippen molar-refractivity contribution in [2.75, 3.05) is 21.3 Å². The van der Waals surface area contributed by atoms with Crippen LogP contribution in [0.2, 0.25) is 0 Å². The lowest BCUT2D eigenvalue weighted by molar-refractivity contribution is -0.302. The van der Waals surface area contributed by atoms with E-state index < -0.39 is 83.9 Å². The number of carbonyl (C=O) groups is 5. The number of methoxy groups -OCH3 is 3. The summed E-state index contributed by atoms with van der Waals surface area (Å²) >= 11 is 0. The number of cyclic esters (lactones) is 1. The van der Waals surface area contributed by atoms with Gasteiger partial charge in [0.05, 0.1) is 30.5 Å². The number of aliphatic hydroxyl groups excluding tert-OH is 2. The number of Topliss-reactive ketones (excluding diaryl/α,β-unsaturated/α-hetero) is 3. The lowest BCUT2D eigenvalue weighted by Gasteiger charge is -2.46. The van der Waals surface area contributed by atoms with Crippen molar-refractivity contribution < 1.29 is 63.0 Å². The highest BCUT2D eigenvalue weighted by Crippen LogP contribution is 2.39. The van der Waals surface area contributed by atoms with Crippen LogP contribution < -0.4 is 0 Å². The van der Waals surface area contributed by atoms with E-state index >= 15 is 0 Å². The minimum absolute atomic E-state index is 0.00292. The minimum Gasteiger partial charge on any atom is -0.456 e. The standard InChI is InChI=1S/C44H69NO13/c1-24-16-25(2)18-37(55-8)40-38(56-9)20-27(4)44(53,58-40)41(50)42(51)45-15-11-10-12-32(45)43(52)57-39(26(3)19-30-13-14-33(47)36(22-30)54-7)29(6)34(48)23-35(49)31(17-24)21-28(5)46/h11,15,19,24-25,27,29-34,36-40,47-48,53H,10,12-14,16-18,20-23H2,1-9H3. The predicted octanol–water partition coefficient (Wildman–Crippen LogP) is 4.25. The molecular weight excluding hydrogens is 750 g/mol. The molecule has 4 rings (SSSR count). The monoisotopic (exact) mass is 819 g/mol. The largest absolute Gasteiger partial charge is 0.456 e. The van der Waals surface area contributed by atoms with Crippen LogP contribution in [-0.4, -0.2) is 125 Å². The summed E-state index contributed by atoms with van der Waals surface area (Å²) in [5.41, 5.74) is 0.607. The van der Waals surface area contributed by atoms with Crippen LogP contribution >= 0.6 is 0 Å². The maximum absolute atomic E-state index is 14.3. The van der Waals surface area contributed by atoms with E-state index in [2.05, 4.69) is 0 Å². The summed E-state index contributed by atoms with van der Waals surface area (Å²) < 4.78 is 29.6. The molecule has 15 atom stereocenters. The van der Waals surface area contributed by atoms with E-state index in [1.165, 1.54) is 27.3 Å². The molecule has 1 amide bonds. The first-order valence-corrected chi connectivity index (χ1v) is 21.1. The van der Waals surface area contributed by atoms with Crippen molar-refractivity contribution in [2.45, 2.75) is 167 Å². The Morgan fingerprint density at radius 2 is 1.50 bits per heavy atom. The van der Waals surface area contributed by atoms with Crippen LogP contribution in [-0.2, 0) is 47.7 Å². The van der Waals surface area contributed by atoms with Gasteiger partial charge in [-0.05, 0) is 95.0 Å². The topological polar surface area (TPSA) is 195 Å². The average molecular weight is 820 g/mol. The minimum atomic E-state index is -2.56. The predicted molar refractivity (Wildman–Crippen MR) is 213 cm³/mol. The Kier molecular flexibility index (Phi) is 17.4. The second-order valence-electron chi connectivity index (χ2n) is 17.8. The van der Waals surface area contributed by atoms with Crippen LogP contribution in [0.4, 0.5) is 0 Å². The van der Waals surface area contributed by atoms with Gasteiger partial charge in [0.1, 0.15) is 29.8 Å². The Morgan fingerprint density at radius 1 is 0.862 bits per heavy atom. The van der Waals surface area contributed by atoms with E-state index in [-0.39, 0.29) is 61.1 Å². The lowest BCUT2D eigenvalue weighted by Crippen LogP contribution is -2.64. The van der Waals surface area contributed by atoms with E-state index in [4.69, 9.17) is 23.7 Å². The van der Waals surface area contributed by atoms with Crippen LogP contribution in [0.25, 0.3) is 0 Å². The number of esters is 1. The third-order valence-electron chi connectivity index (χ3n) is 13.0. The molecule has 0 radical (unpaired) electrons. The summed E-state index contributed by atoms with van der Waals surface area (Å²) in [5, 5.41) is 34.1. The lowest BCUT2D eigenvalue weighted by atomic mass is 9.79. The molecule has 15 unspecified atom stereocenters. The highest BCUT2D eigenvalue weighted by molar-refractivity contribution is 6.39. The quantitative estimate of drug-likeness (QED) is 0.188. The number of carbonyl (C=O) groups excluding carboxylic acids is 5. The van der Waals surface area contributed by atoms with Crippen LogP contribution in [0.15, 0.2) is 23.9 Å². The van der Waals surface area contributed by atoms with Crippen LogP contribution in [0, 0.1) is 35.5 Å². The molecule has 3 N–H and O–H groups in total. The van der Waals surface area contributed by atoms with Crippen molar-refractivity contribution in [2.24, 2.45) is 35.5 Å². The Morgan fingerprint density at radius 3 is 2.14 bits per heavy atom. The van der Waals surface area contributed by atoms with Gasteiger partial charge in [0.2, 0.25) is 5.79 Å². The summed E-state index contributed by atoms with van der Waals surface area (Å²) in [5.74, 6) is -8.52. The molecule has 0 aromatic carbocycles. The van der Waals surface area contributed by atoms with E-state index in [0.29, 0.717) is 50.5 Å². The Hall–Kier alpha value is -2.85. The van der Waals surface area contributed by atoms with Gasteiger partial charge in [0, 0.05) is 58.1 Å². The molecule has 328 valence electrons. The number of aliphatic hydroxyl groups is 3. The first kappa shape index (κ1) is 47.8. The van der Waals surface area contributed by atoms with Gasteiger partial charge in [-0.15, -0.1) is 0 Å². The molecule has 0 aromatic heterocycles. The Bertz CT molecular complexity index is 1510. The zero-order chi connectivity index (χ0) is 43.1. The van der Waals surface area contributed by atoms with Crippen molar-refractivity contribution in [3.8, 4) is 0 Å². The van der Waals surface area contributed by atoms with Gasteiger partial charge in [0.15, 0.2) is 0 Å². The molecule has 1 aliphatic carbocycles. The van der Waals surface area contributed by atoms with Gasteiger partial charge >= 0.3 is 11.9 Å². The second kappa shape index (κ2) is 21.1. The SMILES string of the molecule is COC1CC(C=C(C)C2OC(=O)C3CCC=CN3C(=O)C(=O)C3(O)OC(C(OC)CC(C)CC(C)CC(CC(C)=O)C(=O)CC(O)C2C)C(OC)CC3C)CCC1O. The van der Waals surface area contributed by atoms with E-state index in [0.717, 1.165) is 4.90 Å². The Labute approximate surface area is 344 Å². The van der Waals surface area contributed by atoms with Crippen LogP contribution in [0.5, 0.6) is 0 Å². The molecule has 3 fully saturated rings. The number of ether oxygens (including phenoxy) is 5. The molecule has 1 saturated carbocycles. The van der Waals surface area contributed by atoms with Gasteiger partial charge in [-0.1, -0.05) is 39.8 Å². The number of ketones is 3. The third kappa shape index (κ3) is 11.5. The molecule has 3 aliphatic heterocycles. The average Bonchev–Trinajstić information content (AvgIpc) is 3.18. The number of allylic oxidation sites excluding steroid dienone is 2. The zero-order valence-electron chi connectivity index (χ0n) is 36.0. The third-order valence-corrected chi connectivity index (χ3v) is 13.0. The van der Waals surface area contributed by atoms with Crippen LogP contribution in [0.3, 0.4) is 0 Å². The van der Waals surface area contributed by atoms with Crippen molar-refractivity contribution in [1.82, 2.24) is 4.90 Å². The van der Waals surface area contributed by atoms with Crippen molar-refractivity contribution >= 4 is 29.2 Å². The summed E-state index contributed by atoms with van der Waals surface area (Å²) in [6.07, 6.45) is 3.09. The summed E-state index contributed by atoms with van der Waals surface area (Å²) in [7, 11) is 4.56. The summed E-state index contributed by atoms with van der Waals surface area (Å²) in [4.78, 5) is 70.1. The summed E-state index contributed by atoms with van der Waals surface area (Å²) in [6.45, 7) is 10.6. The molecule has 14 nitrogen and oxygen atoms in total. The fourth-order valence-corrected chi connectivity index (χ4v) is 9.66. The fraction of sp³-hybridized carbons (Fsp3) is 0.795. The smallest absolute Gasteiger partial charge is 0.329 e. The maximum atomic E-state index is 14.3. The molecule has 58 heavy (non-hydrogen) atoms. The first-order valence-electron chi connectivity index (χ1n) is 21.1. The molecular formula is C44H69NO13. The number of nitrogens with zero attached hydrogens (tertiary/aromatic N) is 1. The Balaban J connectivity index is 1.77. The zero-order valence-corrected chi connectivity index (χ0v) is 36.0. The highest BCUT2D eigenvalue weighted by Gasteiger charge is 2.56. The van der Waals surface area contributed by atoms with E-state index in [1.54, 1.807) is 34.0 Å². The van der Waals surface area contributed by atoms with Gasteiger partial charge in [0.25, 0.3) is 5.78 Å². The van der Waals surface area contributed by atoms with Crippen LogP contribution in [0.1, 0.15) is 112 Å². The highest BCUT2D eigenvalue weighted by atomic mass is 16.7. The molecule has 2 saturated heterocycles. The maximum Gasteiger partial charge on any atom is 0.329 e. The molecule has 0 aromatic rings. The van der Waals surface area contributed by atoms with E-state index in [9.17, 15) is 39.3 Å². The number of hydrogen-bond donors (Lipinski definition) is 3. The normalized spacial score (nSPS) is 40.7. The first-order chi connectivity index (χ1) is 27.3. The van der Waals surface area contributed by atoms with Crippen molar-refractivity contribution in [1.29, 1.82) is 0 Å². The summed E-state index contributed by atoms with van der Waals surface area (Å²) in [6, 6.07) is -1.25. The molecule has 2 bridgehead atoms. The molecule has 4 aliphatic rings. The number of rotatable bonds is 7. The number of fused-ring (bicyclic) bond motifs is 3. The molecule has 0 spiro atoms.